The number of ether oxygens (including phenoxy) is 1. The van der Waals surface area contributed by atoms with Crippen LogP contribution in [0.3, 0.4) is 0 Å². The van der Waals surface area contributed by atoms with Crippen molar-refractivity contribution in [2.45, 2.75) is 52.5 Å². The van der Waals surface area contributed by atoms with E-state index < -0.39 is 0 Å². The first-order valence-corrected chi connectivity index (χ1v) is 7.10. The summed E-state index contributed by atoms with van der Waals surface area (Å²) in [7, 11) is 0. The lowest BCUT2D eigenvalue weighted by atomic mass is 9.95. The number of hydrogen-bond donors (Lipinski definition) is 0. The fraction of sp³-hybridized carbons (Fsp3) is 0.733. The highest BCUT2D eigenvalue weighted by Crippen LogP contribution is 2.22. The van der Waals surface area contributed by atoms with Crippen LogP contribution in [-0.4, -0.2) is 17.8 Å². The van der Waals surface area contributed by atoms with E-state index in [1.807, 2.05) is 0 Å². The van der Waals surface area contributed by atoms with Gasteiger partial charge in [0.15, 0.2) is 0 Å². The maximum absolute atomic E-state index is 5.43. The van der Waals surface area contributed by atoms with Crippen molar-refractivity contribution in [1.82, 2.24) is 4.57 Å². The van der Waals surface area contributed by atoms with Gasteiger partial charge in [0.2, 0.25) is 0 Å². The Hall–Kier alpha value is -0.760. The molecule has 0 bridgehead atoms. The van der Waals surface area contributed by atoms with E-state index in [1.165, 1.54) is 43.6 Å². The Morgan fingerprint density at radius 1 is 1.24 bits per heavy atom. The summed E-state index contributed by atoms with van der Waals surface area (Å²) in [6.07, 6.45) is 6.08. The number of aryl methyl sites for hydroxylation is 1. The molecule has 1 fully saturated rings. The van der Waals surface area contributed by atoms with Crippen molar-refractivity contribution in [3.63, 3.8) is 0 Å². The fourth-order valence-electron chi connectivity index (χ4n) is 2.80. The van der Waals surface area contributed by atoms with Gasteiger partial charge in [-0.3, -0.25) is 0 Å². The molecule has 2 heterocycles. The van der Waals surface area contributed by atoms with Crippen LogP contribution in [0.2, 0.25) is 0 Å². The Balaban J connectivity index is 0.00000162. The van der Waals surface area contributed by atoms with Gasteiger partial charge in [-0.05, 0) is 50.2 Å². The molecule has 0 amide bonds. The van der Waals surface area contributed by atoms with E-state index in [4.69, 9.17) is 4.74 Å². The fourth-order valence-corrected chi connectivity index (χ4v) is 2.80. The third kappa shape index (κ3) is 3.12. The van der Waals surface area contributed by atoms with Gasteiger partial charge >= 0.3 is 0 Å². The third-order valence-electron chi connectivity index (χ3n) is 3.81. The van der Waals surface area contributed by atoms with Crippen molar-refractivity contribution < 1.29 is 6.16 Å². The zero-order valence-electron chi connectivity index (χ0n) is 11.2. The molecule has 1 aromatic heterocycles. The van der Waals surface area contributed by atoms with Gasteiger partial charge in [-0.25, -0.2) is 0 Å². The Bertz CT molecular complexity index is 342. The predicted octanol–water partition coefficient (Wildman–Crippen LogP) is 3.68. The summed E-state index contributed by atoms with van der Waals surface area (Å²) in [4.78, 5) is 0. The largest absolute Gasteiger partial charge is 0.381 e. The molecule has 2 nitrogen and oxygen atoms in total. The molecule has 0 radical (unpaired) electrons. The monoisotopic (exact) mass is 237 g/mol. The lowest BCUT2D eigenvalue weighted by molar-refractivity contribution is 0.0660. The number of aromatic nitrogens is 1. The van der Waals surface area contributed by atoms with E-state index in [-0.39, 0.29) is 1.43 Å². The van der Waals surface area contributed by atoms with Crippen LogP contribution in [0.25, 0.3) is 0 Å². The van der Waals surface area contributed by atoms with Crippen LogP contribution in [0.1, 0.15) is 45.9 Å². The van der Waals surface area contributed by atoms with Gasteiger partial charge in [0.1, 0.15) is 0 Å². The smallest absolute Gasteiger partial charge is 0.0468 e. The van der Waals surface area contributed by atoms with Crippen molar-refractivity contribution in [1.29, 1.82) is 0 Å². The minimum atomic E-state index is 0. The van der Waals surface area contributed by atoms with Crippen molar-refractivity contribution >= 4 is 0 Å². The number of hydrogen-bond acceptors (Lipinski definition) is 1. The van der Waals surface area contributed by atoms with E-state index >= 15 is 0 Å². The lowest BCUT2D eigenvalue weighted by Crippen LogP contribution is -2.19. The van der Waals surface area contributed by atoms with Crippen molar-refractivity contribution in [2.24, 2.45) is 5.92 Å². The first kappa shape index (κ1) is 12.7. The van der Waals surface area contributed by atoms with Crippen LogP contribution in [0.5, 0.6) is 0 Å². The molecule has 0 atom stereocenters. The second kappa shape index (κ2) is 6.25. The molecule has 2 rings (SSSR count). The van der Waals surface area contributed by atoms with Crippen LogP contribution in [-0.2, 0) is 24.1 Å². The molecule has 1 saturated heterocycles. The van der Waals surface area contributed by atoms with Gasteiger partial charge in [0, 0.05) is 32.6 Å². The Labute approximate surface area is 106 Å². The average molecular weight is 237 g/mol. The molecule has 1 aliphatic heterocycles. The molecule has 0 saturated carbocycles. The first-order chi connectivity index (χ1) is 8.35. The van der Waals surface area contributed by atoms with Gasteiger partial charge in [0.25, 0.3) is 0 Å². The van der Waals surface area contributed by atoms with Gasteiger partial charge in [0.05, 0.1) is 0 Å². The highest BCUT2D eigenvalue weighted by Gasteiger charge is 2.16. The molecule has 0 spiro atoms. The molecule has 98 valence electrons. The minimum Gasteiger partial charge on any atom is -0.381 e. The summed E-state index contributed by atoms with van der Waals surface area (Å²) in [6.45, 7) is 7.60. The van der Waals surface area contributed by atoms with Crippen molar-refractivity contribution in [2.75, 3.05) is 13.2 Å². The van der Waals surface area contributed by atoms with Crippen LogP contribution in [0.15, 0.2) is 12.1 Å². The highest BCUT2D eigenvalue weighted by atomic mass is 16.5. The van der Waals surface area contributed by atoms with Crippen LogP contribution < -0.4 is 0 Å². The molecule has 1 aliphatic rings. The maximum atomic E-state index is 5.43. The number of nitrogens with zero attached hydrogens (tertiary/aromatic N) is 1. The summed E-state index contributed by atoms with van der Waals surface area (Å²) in [5, 5.41) is 0. The molecule has 0 aliphatic carbocycles. The van der Waals surface area contributed by atoms with Crippen LogP contribution in [0, 0.1) is 5.92 Å². The highest BCUT2D eigenvalue weighted by molar-refractivity contribution is 5.17. The van der Waals surface area contributed by atoms with Crippen molar-refractivity contribution in [3.8, 4) is 0 Å². The van der Waals surface area contributed by atoms with E-state index in [0.29, 0.717) is 0 Å². The first-order valence-electron chi connectivity index (χ1n) is 7.10. The van der Waals surface area contributed by atoms with Crippen molar-refractivity contribution in [3.05, 3.63) is 23.5 Å². The molecule has 17 heavy (non-hydrogen) atoms. The van der Waals surface area contributed by atoms with Crippen LogP contribution >= 0.6 is 0 Å². The summed E-state index contributed by atoms with van der Waals surface area (Å²) in [5.41, 5.74) is 3.03. The third-order valence-corrected chi connectivity index (χ3v) is 3.81. The predicted molar refractivity (Wildman–Crippen MR) is 73.5 cm³/mol. The summed E-state index contributed by atoms with van der Waals surface area (Å²) in [6, 6.07) is 4.65. The standard InChI is InChI=1S/C15H25NO.H2/c1-3-9-16-14(4-2)5-6-15(16)12-13-7-10-17-11-8-13;/h5-6,13H,3-4,7-12H2,1-2H3;1H. The topological polar surface area (TPSA) is 14.2 Å². The maximum Gasteiger partial charge on any atom is 0.0468 e. The van der Waals surface area contributed by atoms with E-state index in [2.05, 4.69) is 30.5 Å². The molecule has 1 aromatic rings. The second-order valence-corrected chi connectivity index (χ2v) is 5.08. The van der Waals surface area contributed by atoms with Gasteiger partial charge in [-0.15, -0.1) is 0 Å². The molecule has 2 heteroatoms. The molecule has 0 unspecified atom stereocenters. The molecular formula is C15H27NO. The summed E-state index contributed by atoms with van der Waals surface area (Å²) in [5.74, 6) is 0.832. The van der Waals surface area contributed by atoms with Gasteiger partial charge < -0.3 is 9.30 Å². The van der Waals surface area contributed by atoms with Crippen LogP contribution in [0.4, 0.5) is 0 Å². The molecule has 0 aromatic carbocycles. The van der Waals surface area contributed by atoms with E-state index in [1.54, 1.807) is 0 Å². The number of rotatable bonds is 5. The second-order valence-electron chi connectivity index (χ2n) is 5.08. The summed E-state index contributed by atoms with van der Waals surface area (Å²) < 4.78 is 7.97. The Morgan fingerprint density at radius 3 is 2.59 bits per heavy atom. The zero-order valence-corrected chi connectivity index (χ0v) is 11.2. The van der Waals surface area contributed by atoms with E-state index in [9.17, 15) is 0 Å². The quantitative estimate of drug-likeness (QED) is 0.762. The molecular weight excluding hydrogens is 210 g/mol. The lowest BCUT2D eigenvalue weighted by Gasteiger charge is -2.23. The van der Waals surface area contributed by atoms with Gasteiger partial charge in [-0.1, -0.05) is 13.8 Å². The molecule has 0 N–H and O–H groups in total. The Kier molecular flexibility index (Phi) is 4.66. The normalized spacial score (nSPS) is 17.5. The minimum absolute atomic E-state index is 0. The zero-order chi connectivity index (χ0) is 12.1. The summed E-state index contributed by atoms with van der Waals surface area (Å²) >= 11 is 0. The van der Waals surface area contributed by atoms with E-state index in [0.717, 1.165) is 25.6 Å². The Morgan fingerprint density at radius 2 is 1.94 bits per heavy atom. The average Bonchev–Trinajstić information content (AvgIpc) is 2.74. The SMILES string of the molecule is CCCn1c(CC)ccc1CC1CCOCC1.[HH]. The van der Waals surface area contributed by atoms with Gasteiger partial charge in [-0.2, -0.15) is 0 Å².